The normalized spacial score (nSPS) is 12.6. The molecular weight excluding hydrogens is 394 g/mol. The standard InChI is InChI=1S/C16H12BrF4NO2/c1-9(24-14-7-6-10(17)8-12(14)18)15(23)22-13-5-3-2-4-11(13)16(19,20)21/h2-9H,1H3,(H,22,23). The van der Waals surface area contributed by atoms with E-state index in [1.807, 2.05) is 0 Å². The molecule has 0 fully saturated rings. The maximum Gasteiger partial charge on any atom is 0.418 e. The molecule has 128 valence electrons. The van der Waals surface area contributed by atoms with Gasteiger partial charge in [0.2, 0.25) is 0 Å². The van der Waals surface area contributed by atoms with E-state index in [1.54, 1.807) is 0 Å². The Bertz CT molecular complexity index is 749. The average Bonchev–Trinajstić information content (AvgIpc) is 2.49. The molecule has 2 rings (SSSR count). The summed E-state index contributed by atoms with van der Waals surface area (Å²) < 4.78 is 58.0. The van der Waals surface area contributed by atoms with Gasteiger partial charge in [0.1, 0.15) is 0 Å². The van der Waals surface area contributed by atoms with Gasteiger partial charge in [0.15, 0.2) is 17.7 Å². The van der Waals surface area contributed by atoms with Crippen LogP contribution in [0.25, 0.3) is 0 Å². The highest BCUT2D eigenvalue weighted by molar-refractivity contribution is 9.10. The molecule has 1 unspecified atom stereocenters. The predicted octanol–water partition coefficient (Wildman–Crippen LogP) is 5.01. The Labute approximate surface area is 143 Å². The Morgan fingerprint density at radius 1 is 1.21 bits per heavy atom. The van der Waals surface area contributed by atoms with Crippen molar-refractivity contribution in [2.45, 2.75) is 19.2 Å². The summed E-state index contributed by atoms with van der Waals surface area (Å²) in [6, 6.07) is 8.55. The number of carbonyl (C=O) groups is 1. The smallest absolute Gasteiger partial charge is 0.418 e. The third-order valence-electron chi connectivity index (χ3n) is 3.06. The second-order valence-corrected chi connectivity index (χ2v) is 5.78. The fraction of sp³-hybridized carbons (Fsp3) is 0.188. The number of carbonyl (C=O) groups excluding carboxylic acids is 1. The number of alkyl halides is 3. The van der Waals surface area contributed by atoms with E-state index in [1.165, 1.54) is 31.2 Å². The molecule has 0 heterocycles. The molecule has 8 heteroatoms. The molecule has 0 aromatic heterocycles. The van der Waals surface area contributed by atoms with Crippen LogP contribution in [0, 0.1) is 5.82 Å². The molecule has 2 aromatic rings. The topological polar surface area (TPSA) is 38.3 Å². The Morgan fingerprint density at radius 2 is 1.88 bits per heavy atom. The van der Waals surface area contributed by atoms with Crippen LogP contribution >= 0.6 is 15.9 Å². The highest BCUT2D eigenvalue weighted by Gasteiger charge is 2.34. The van der Waals surface area contributed by atoms with Gasteiger partial charge in [0.05, 0.1) is 11.3 Å². The molecule has 24 heavy (non-hydrogen) atoms. The second-order valence-electron chi connectivity index (χ2n) is 4.87. The number of ether oxygens (including phenoxy) is 1. The van der Waals surface area contributed by atoms with Gasteiger partial charge in [0, 0.05) is 4.47 Å². The molecular formula is C16H12BrF4NO2. The molecule has 1 atom stereocenters. The van der Waals surface area contributed by atoms with E-state index < -0.39 is 29.6 Å². The maximum absolute atomic E-state index is 13.7. The van der Waals surface area contributed by atoms with Gasteiger partial charge in [0.25, 0.3) is 5.91 Å². The highest BCUT2D eigenvalue weighted by Crippen LogP contribution is 2.34. The summed E-state index contributed by atoms with van der Waals surface area (Å²) in [5.41, 5.74) is -1.36. The lowest BCUT2D eigenvalue weighted by atomic mass is 10.1. The molecule has 0 spiro atoms. The van der Waals surface area contributed by atoms with Crippen molar-refractivity contribution in [2.24, 2.45) is 0 Å². The Kier molecular flexibility index (Phi) is 5.48. The lowest BCUT2D eigenvalue weighted by Gasteiger charge is -2.17. The molecule has 0 aliphatic heterocycles. The van der Waals surface area contributed by atoms with Crippen LogP contribution in [-0.4, -0.2) is 12.0 Å². The number of halogens is 5. The lowest BCUT2D eigenvalue weighted by molar-refractivity contribution is -0.137. The summed E-state index contributed by atoms with van der Waals surface area (Å²) in [6.45, 7) is 1.31. The molecule has 0 bridgehead atoms. The first-order valence-electron chi connectivity index (χ1n) is 6.77. The third-order valence-corrected chi connectivity index (χ3v) is 3.55. The van der Waals surface area contributed by atoms with E-state index in [-0.39, 0.29) is 11.4 Å². The first-order valence-corrected chi connectivity index (χ1v) is 7.56. The van der Waals surface area contributed by atoms with Crippen LogP contribution in [0.15, 0.2) is 46.9 Å². The highest BCUT2D eigenvalue weighted by atomic mass is 79.9. The summed E-state index contributed by atoms with van der Waals surface area (Å²) in [5.74, 6) is -1.70. The van der Waals surface area contributed by atoms with Crippen molar-refractivity contribution in [3.05, 3.63) is 58.3 Å². The zero-order chi connectivity index (χ0) is 17.9. The van der Waals surface area contributed by atoms with E-state index in [9.17, 15) is 22.4 Å². The predicted molar refractivity (Wildman–Crippen MR) is 84.3 cm³/mol. The Balaban J connectivity index is 2.13. The Hall–Kier alpha value is -2.09. The first-order chi connectivity index (χ1) is 11.2. The average molecular weight is 406 g/mol. The van der Waals surface area contributed by atoms with E-state index in [0.29, 0.717) is 4.47 Å². The molecule has 2 aromatic carbocycles. The van der Waals surface area contributed by atoms with Crippen molar-refractivity contribution in [2.75, 3.05) is 5.32 Å². The summed E-state index contributed by atoms with van der Waals surface area (Å²) >= 11 is 3.08. The minimum atomic E-state index is -4.61. The number of nitrogens with one attached hydrogen (secondary N) is 1. The molecule has 0 radical (unpaired) electrons. The monoisotopic (exact) mass is 405 g/mol. The molecule has 0 aliphatic carbocycles. The molecule has 3 nitrogen and oxygen atoms in total. The van der Waals surface area contributed by atoms with Gasteiger partial charge in [-0.25, -0.2) is 4.39 Å². The van der Waals surface area contributed by atoms with Crippen LogP contribution in [0.4, 0.5) is 23.2 Å². The van der Waals surface area contributed by atoms with E-state index in [0.717, 1.165) is 18.2 Å². The first kappa shape index (κ1) is 18.3. The molecule has 0 saturated carbocycles. The van der Waals surface area contributed by atoms with Crippen molar-refractivity contribution in [1.29, 1.82) is 0 Å². The number of hydrogen-bond acceptors (Lipinski definition) is 2. The van der Waals surface area contributed by atoms with E-state index in [4.69, 9.17) is 4.74 Å². The number of hydrogen-bond donors (Lipinski definition) is 1. The SMILES string of the molecule is CC(Oc1ccc(Br)cc1F)C(=O)Nc1ccccc1C(F)(F)F. The maximum atomic E-state index is 13.7. The summed E-state index contributed by atoms with van der Waals surface area (Å²) in [7, 11) is 0. The largest absolute Gasteiger partial charge is 0.478 e. The quantitative estimate of drug-likeness (QED) is 0.725. The third kappa shape index (κ3) is 4.47. The summed E-state index contributed by atoms with van der Waals surface area (Å²) in [4.78, 5) is 12.0. The Morgan fingerprint density at radius 3 is 2.50 bits per heavy atom. The van der Waals surface area contributed by atoms with Crippen molar-refractivity contribution in [1.82, 2.24) is 0 Å². The van der Waals surface area contributed by atoms with Crippen LogP contribution in [0.5, 0.6) is 5.75 Å². The van der Waals surface area contributed by atoms with Crippen LogP contribution < -0.4 is 10.1 Å². The van der Waals surface area contributed by atoms with Crippen LogP contribution in [0.3, 0.4) is 0 Å². The van der Waals surface area contributed by atoms with Gasteiger partial charge in [-0.2, -0.15) is 13.2 Å². The minimum Gasteiger partial charge on any atom is -0.478 e. The van der Waals surface area contributed by atoms with Crippen LogP contribution in [0.2, 0.25) is 0 Å². The molecule has 1 N–H and O–H groups in total. The summed E-state index contributed by atoms with van der Waals surface area (Å²) in [5, 5.41) is 2.15. The van der Waals surface area contributed by atoms with E-state index >= 15 is 0 Å². The number of benzene rings is 2. The van der Waals surface area contributed by atoms with Gasteiger partial charge in [-0.05, 0) is 37.3 Å². The van der Waals surface area contributed by atoms with Crippen molar-refractivity contribution < 1.29 is 27.1 Å². The van der Waals surface area contributed by atoms with Gasteiger partial charge >= 0.3 is 6.18 Å². The number of rotatable bonds is 4. The minimum absolute atomic E-state index is 0.176. The van der Waals surface area contributed by atoms with Gasteiger partial charge in [-0.15, -0.1) is 0 Å². The fourth-order valence-electron chi connectivity index (χ4n) is 1.89. The molecule has 0 saturated heterocycles. The van der Waals surface area contributed by atoms with Crippen molar-refractivity contribution in [3.63, 3.8) is 0 Å². The van der Waals surface area contributed by atoms with E-state index in [2.05, 4.69) is 21.2 Å². The number of anilines is 1. The zero-order valence-electron chi connectivity index (χ0n) is 12.3. The second kappa shape index (κ2) is 7.21. The fourth-order valence-corrected chi connectivity index (χ4v) is 2.22. The molecule has 0 aliphatic rings. The summed E-state index contributed by atoms with van der Waals surface area (Å²) in [6.07, 6.45) is -5.80. The van der Waals surface area contributed by atoms with Crippen LogP contribution in [-0.2, 0) is 11.0 Å². The van der Waals surface area contributed by atoms with Gasteiger partial charge < -0.3 is 10.1 Å². The van der Waals surface area contributed by atoms with Crippen LogP contribution in [0.1, 0.15) is 12.5 Å². The van der Waals surface area contributed by atoms with Crippen molar-refractivity contribution in [3.8, 4) is 5.75 Å². The number of para-hydroxylation sites is 1. The zero-order valence-corrected chi connectivity index (χ0v) is 13.9. The van der Waals surface area contributed by atoms with Crippen molar-refractivity contribution >= 4 is 27.5 Å². The van der Waals surface area contributed by atoms with Gasteiger partial charge in [-0.1, -0.05) is 28.1 Å². The van der Waals surface area contributed by atoms with Gasteiger partial charge in [-0.3, -0.25) is 4.79 Å². The lowest BCUT2D eigenvalue weighted by Crippen LogP contribution is -2.31. The molecule has 1 amide bonds. The number of amides is 1.